The molecule has 0 aromatic heterocycles. The predicted molar refractivity (Wildman–Crippen MR) is 182 cm³/mol. The normalized spacial score (nSPS) is 41.8. The van der Waals surface area contributed by atoms with Crippen LogP contribution >= 0.6 is 0 Å². The van der Waals surface area contributed by atoms with Crippen LogP contribution in [-0.2, 0) is 28.1 Å². The van der Waals surface area contributed by atoms with Gasteiger partial charge in [-0.3, -0.25) is 0 Å². The van der Waals surface area contributed by atoms with Crippen LogP contribution in [0.5, 0.6) is 0 Å². The van der Waals surface area contributed by atoms with Gasteiger partial charge in [0.15, 0.2) is 14.1 Å². The summed E-state index contributed by atoms with van der Waals surface area (Å²) in [7, 11) is -1.94. The highest BCUT2D eigenvalue weighted by atomic mass is 28.4. The van der Waals surface area contributed by atoms with Gasteiger partial charge in [-0.05, 0) is 80.6 Å². The standard InChI is InChI=1S/C37H62O8Si/c1-9-13-31-36(45-46(10-2,11-3)12-4)34-21-33(42-31)35-29(39)22-37(43-34,44-35)17-16-28-19-24(6)30(40-28)15-14-27-18-23(5)26(8)32(41-27)20-25(7)38/h9,23,25,27-36,38-39H,1,6,8,10-22H2,2-5,7H3/t23?,25?,27?,28?,29-,30?,31+,32?,33-,34?,35?,36?,37?/m1/s1. The fraction of sp³-hybridized carbons (Fsp3) is 0.838. The summed E-state index contributed by atoms with van der Waals surface area (Å²) < 4.78 is 40.3. The first-order valence-electron chi connectivity index (χ1n) is 18.3. The van der Waals surface area contributed by atoms with Gasteiger partial charge in [0, 0.05) is 25.7 Å². The molecule has 0 aliphatic carbocycles. The Morgan fingerprint density at radius 2 is 1.70 bits per heavy atom. The molecular formula is C37H62O8Si. The lowest BCUT2D eigenvalue weighted by Crippen LogP contribution is -2.58. The Balaban J connectivity index is 1.21. The number of rotatable bonds is 15. The van der Waals surface area contributed by atoms with E-state index in [2.05, 4.69) is 47.4 Å². The molecule has 46 heavy (non-hydrogen) atoms. The molecule has 0 spiro atoms. The van der Waals surface area contributed by atoms with Crippen LogP contribution in [0, 0.1) is 5.92 Å². The van der Waals surface area contributed by atoms with E-state index in [9.17, 15) is 10.2 Å². The van der Waals surface area contributed by atoms with Crippen LogP contribution in [-0.4, -0.2) is 91.5 Å². The molecule has 5 heterocycles. The minimum atomic E-state index is -1.94. The molecule has 10 unspecified atom stereocenters. The highest BCUT2D eigenvalue weighted by Gasteiger charge is 2.59. The van der Waals surface area contributed by atoms with Gasteiger partial charge >= 0.3 is 0 Å². The van der Waals surface area contributed by atoms with Crippen LogP contribution in [0.25, 0.3) is 0 Å². The topological polar surface area (TPSA) is 95.8 Å². The van der Waals surface area contributed by atoms with E-state index in [4.69, 9.17) is 28.1 Å². The van der Waals surface area contributed by atoms with Crippen molar-refractivity contribution in [3.8, 4) is 0 Å². The number of hydrogen-bond acceptors (Lipinski definition) is 8. The summed E-state index contributed by atoms with van der Waals surface area (Å²) >= 11 is 0. The molecule has 5 fully saturated rings. The van der Waals surface area contributed by atoms with Gasteiger partial charge in [0.05, 0.1) is 61.0 Å². The lowest BCUT2D eigenvalue weighted by molar-refractivity contribution is -0.256. The smallest absolute Gasteiger partial charge is 0.192 e. The van der Waals surface area contributed by atoms with Gasteiger partial charge in [-0.1, -0.05) is 46.9 Å². The van der Waals surface area contributed by atoms with Crippen molar-refractivity contribution in [2.75, 3.05) is 0 Å². The van der Waals surface area contributed by atoms with Crippen molar-refractivity contribution in [3.05, 3.63) is 37.0 Å². The van der Waals surface area contributed by atoms with Crippen molar-refractivity contribution < 1.29 is 38.3 Å². The molecule has 5 rings (SSSR count). The average molecular weight is 663 g/mol. The average Bonchev–Trinajstić information content (AvgIpc) is 3.51. The van der Waals surface area contributed by atoms with Crippen molar-refractivity contribution in [3.63, 3.8) is 0 Å². The maximum atomic E-state index is 11.1. The maximum Gasteiger partial charge on any atom is 0.192 e. The number of aliphatic hydroxyl groups is 2. The minimum absolute atomic E-state index is 0.0000885. The van der Waals surface area contributed by atoms with Gasteiger partial charge in [-0.2, -0.15) is 0 Å². The molecule has 8 nitrogen and oxygen atoms in total. The third-order valence-corrected chi connectivity index (χ3v) is 16.4. The molecular weight excluding hydrogens is 600 g/mol. The zero-order valence-corrected chi connectivity index (χ0v) is 30.2. The molecule has 0 radical (unpaired) electrons. The van der Waals surface area contributed by atoms with E-state index in [1.54, 1.807) is 6.92 Å². The van der Waals surface area contributed by atoms with Crippen LogP contribution in [0.3, 0.4) is 0 Å². The van der Waals surface area contributed by atoms with Crippen LogP contribution in [0.1, 0.15) is 98.8 Å². The molecule has 0 aromatic carbocycles. The summed E-state index contributed by atoms with van der Waals surface area (Å²) in [5.41, 5.74) is 2.22. The first-order valence-corrected chi connectivity index (χ1v) is 20.8. The third-order valence-electron chi connectivity index (χ3n) is 11.7. The van der Waals surface area contributed by atoms with Crippen molar-refractivity contribution in [1.82, 2.24) is 0 Å². The second-order valence-electron chi connectivity index (χ2n) is 15.0. The first kappa shape index (κ1) is 36.4. The molecule has 0 amide bonds. The molecule has 0 saturated carbocycles. The van der Waals surface area contributed by atoms with Crippen LogP contribution in [0.2, 0.25) is 18.1 Å². The van der Waals surface area contributed by atoms with E-state index in [-0.39, 0.29) is 48.8 Å². The summed E-state index contributed by atoms with van der Waals surface area (Å²) in [6, 6.07) is 3.18. The lowest BCUT2D eigenvalue weighted by atomic mass is 9.85. The van der Waals surface area contributed by atoms with Gasteiger partial charge in [0.25, 0.3) is 0 Å². The largest absolute Gasteiger partial charge is 0.409 e. The summed E-state index contributed by atoms with van der Waals surface area (Å²) in [6.07, 6.45) is 7.05. The van der Waals surface area contributed by atoms with E-state index < -0.39 is 32.4 Å². The molecule has 5 aliphatic heterocycles. The highest BCUT2D eigenvalue weighted by molar-refractivity contribution is 6.73. The quantitative estimate of drug-likeness (QED) is 0.147. The molecule has 5 saturated heterocycles. The van der Waals surface area contributed by atoms with Crippen molar-refractivity contribution in [2.24, 2.45) is 5.92 Å². The Morgan fingerprint density at radius 1 is 0.978 bits per heavy atom. The van der Waals surface area contributed by atoms with Crippen molar-refractivity contribution >= 4 is 8.32 Å². The number of ether oxygens (including phenoxy) is 5. The van der Waals surface area contributed by atoms with Gasteiger partial charge in [0.1, 0.15) is 6.10 Å². The monoisotopic (exact) mass is 662 g/mol. The fourth-order valence-corrected chi connectivity index (χ4v) is 11.6. The molecule has 0 aromatic rings. The van der Waals surface area contributed by atoms with Crippen molar-refractivity contribution in [1.29, 1.82) is 0 Å². The Labute approximate surface area is 279 Å². The zero-order valence-electron chi connectivity index (χ0n) is 29.2. The van der Waals surface area contributed by atoms with Gasteiger partial charge in [-0.25, -0.2) is 0 Å². The van der Waals surface area contributed by atoms with Crippen molar-refractivity contribution in [2.45, 2.75) is 190 Å². The fourth-order valence-electron chi connectivity index (χ4n) is 8.69. The Kier molecular flexibility index (Phi) is 12.1. The summed E-state index contributed by atoms with van der Waals surface area (Å²) in [5, 5.41) is 21.1. The second-order valence-corrected chi connectivity index (χ2v) is 19.7. The van der Waals surface area contributed by atoms with Crippen LogP contribution in [0.4, 0.5) is 0 Å². The zero-order chi connectivity index (χ0) is 33.2. The molecule has 13 atom stereocenters. The molecule has 5 aliphatic rings. The number of fused-ring (bicyclic) bond motifs is 5. The lowest BCUT2D eigenvalue weighted by Gasteiger charge is -2.47. The van der Waals surface area contributed by atoms with Gasteiger partial charge in [0.2, 0.25) is 0 Å². The van der Waals surface area contributed by atoms with E-state index in [0.717, 1.165) is 61.4 Å². The molecule has 262 valence electrons. The van der Waals surface area contributed by atoms with Gasteiger partial charge in [-0.15, -0.1) is 6.58 Å². The second kappa shape index (κ2) is 15.3. The van der Waals surface area contributed by atoms with E-state index in [0.29, 0.717) is 38.0 Å². The van der Waals surface area contributed by atoms with Crippen LogP contribution in [0.15, 0.2) is 37.0 Å². The predicted octanol–water partition coefficient (Wildman–Crippen LogP) is 6.75. The molecule has 2 N–H and O–H groups in total. The Hall–Kier alpha value is -0.883. The van der Waals surface area contributed by atoms with E-state index >= 15 is 0 Å². The Morgan fingerprint density at radius 3 is 2.37 bits per heavy atom. The first-order chi connectivity index (χ1) is 21.9. The third kappa shape index (κ3) is 7.94. The molecule has 4 bridgehead atoms. The summed E-state index contributed by atoms with van der Waals surface area (Å²) in [5.74, 6) is -0.512. The summed E-state index contributed by atoms with van der Waals surface area (Å²) in [6.45, 7) is 23.4. The van der Waals surface area contributed by atoms with E-state index in [1.165, 1.54) is 0 Å². The van der Waals surface area contributed by atoms with Crippen LogP contribution < -0.4 is 0 Å². The minimum Gasteiger partial charge on any atom is -0.409 e. The SMILES string of the molecule is C=CC[C@@H]1O[C@@H]2CC(OC3(CCC4CC(=C)C(CCC5CC(C)C(=C)C(CC(C)O)O5)O4)C[C@@H](O)C2O3)C1O[Si](CC)(CC)CC. The summed E-state index contributed by atoms with van der Waals surface area (Å²) in [4.78, 5) is 0. The molecule has 9 heteroatoms. The maximum absolute atomic E-state index is 11.1. The van der Waals surface area contributed by atoms with Gasteiger partial charge < -0.3 is 38.3 Å². The highest BCUT2D eigenvalue weighted by Crippen LogP contribution is 2.48. The number of hydrogen-bond donors (Lipinski definition) is 2. The Bertz CT molecular complexity index is 1050. The number of aliphatic hydroxyl groups excluding tert-OH is 2. The van der Waals surface area contributed by atoms with E-state index in [1.807, 2.05) is 6.08 Å².